The van der Waals surface area contributed by atoms with Crippen molar-refractivity contribution in [3.63, 3.8) is 0 Å². The van der Waals surface area contributed by atoms with Crippen molar-refractivity contribution in [2.75, 3.05) is 40.5 Å². The lowest BCUT2D eigenvalue weighted by molar-refractivity contribution is -0.0514. The molecule has 3 aliphatic heterocycles. The molecule has 3 fully saturated rings. The molecule has 0 aromatic heterocycles. The van der Waals surface area contributed by atoms with Crippen molar-refractivity contribution >= 4 is 6.03 Å². The fourth-order valence-corrected chi connectivity index (χ4v) is 4.01. The molecule has 6 nitrogen and oxygen atoms in total. The number of ether oxygens (including phenoxy) is 2. The summed E-state index contributed by atoms with van der Waals surface area (Å²) < 4.78 is 10.6. The van der Waals surface area contributed by atoms with E-state index in [1.165, 1.54) is 19.3 Å². The summed E-state index contributed by atoms with van der Waals surface area (Å²) in [6, 6.07) is 1.73. The van der Waals surface area contributed by atoms with Gasteiger partial charge in [0.25, 0.3) is 0 Å². The molecule has 0 radical (unpaired) electrons. The highest BCUT2D eigenvalue weighted by atomic mass is 16.5. The van der Waals surface area contributed by atoms with Gasteiger partial charge in [0.1, 0.15) is 0 Å². The summed E-state index contributed by atoms with van der Waals surface area (Å²) in [4.78, 5) is 16.7. The smallest absolute Gasteiger partial charge is 0.317 e. The van der Waals surface area contributed by atoms with Crippen LogP contribution in [0.1, 0.15) is 32.1 Å². The fourth-order valence-electron chi connectivity index (χ4n) is 4.01. The minimum absolute atomic E-state index is 0.0826. The van der Waals surface area contributed by atoms with Crippen LogP contribution in [-0.2, 0) is 9.47 Å². The molecule has 22 heavy (non-hydrogen) atoms. The Morgan fingerprint density at radius 1 is 1.18 bits per heavy atom. The number of nitrogens with zero attached hydrogens (tertiary/aromatic N) is 2. The third-order valence-corrected chi connectivity index (χ3v) is 5.44. The standard InChI is InChI=1S/C16H29N3O3/c1-18-13-4-3-5-14(18)9-12(8-13)17-16(20)19-10-15(11-19)22-7-6-21-2/h12-15H,3-11H2,1-2H3,(H,17,20). The van der Waals surface area contributed by atoms with Gasteiger partial charge in [0.15, 0.2) is 0 Å². The zero-order valence-corrected chi connectivity index (χ0v) is 13.8. The normalized spacial score (nSPS) is 32.6. The molecular weight excluding hydrogens is 282 g/mol. The van der Waals surface area contributed by atoms with Crippen LogP contribution in [-0.4, -0.2) is 80.5 Å². The molecule has 1 N–H and O–H groups in total. The van der Waals surface area contributed by atoms with Crippen molar-refractivity contribution in [2.45, 2.75) is 56.3 Å². The van der Waals surface area contributed by atoms with Crippen molar-refractivity contribution in [3.05, 3.63) is 0 Å². The fraction of sp³-hybridized carbons (Fsp3) is 0.938. The summed E-state index contributed by atoms with van der Waals surface area (Å²) in [5.74, 6) is 0. The van der Waals surface area contributed by atoms with Crippen molar-refractivity contribution in [3.8, 4) is 0 Å². The lowest BCUT2D eigenvalue weighted by Gasteiger charge is -2.48. The molecule has 2 bridgehead atoms. The van der Waals surface area contributed by atoms with Crippen LogP contribution in [0.15, 0.2) is 0 Å². The largest absolute Gasteiger partial charge is 0.382 e. The van der Waals surface area contributed by atoms with Crippen LogP contribution in [0.3, 0.4) is 0 Å². The first-order valence-electron chi connectivity index (χ1n) is 8.55. The Morgan fingerprint density at radius 3 is 2.50 bits per heavy atom. The number of carbonyl (C=O) groups excluding carboxylic acids is 1. The van der Waals surface area contributed by atoms with Gasteiger partial charge in [-0.15, -0.1) is 0 Å². The quantitative estimate of drug-likeness (QED) is 0.772. The van der Waals surface area contributed by atoms with Gasteiger partial charge in [-0.3, -0.25) is 0 Å². The second kappa shape index (κ2) is 7.15. The molecule has 0 aromatic carbocycles. The first-order valence-corrected chi connectivity index (χ1v) is 8.55. The predicted octanol–water partition coefficient (Wildman–Crippen LogP) is 1.06. The molecule has 3 heterocycles. The van der Waals surface area contributed by atoms with Gasteiger partial charge in [0.05, 0.1) is 32.4 Å². The number of hydrogen-bond donors (Lipinski definition) is 1. The van der Waals surface area contributed by atoms with E-state index in [9.17, 15) is 4.79 Å². The third-order valence-electron chi connectivity index (χ3n) is 5.44. The number of rotatable bonds is 5. The number of hydrogen-bond acceptors (Lipinski definition) is 4. The highest BCUT2D eigenvalue weighted by Gasteiger charge is 2.38. The van der Waals surface area contributed by atoms with Crippen LogP contribution in [0.25, 0.3) is 0 Å². The average molecular weight is 311 g/mol. The van der Waals surface area contributed by atoms with E-state index in [2.05, 4.69) is 17.3 Å². The minimum atomic E-state index is 0.0826. The number of urea groups is 1. The van der Waals surface area contributed by atoms with Gasteiger partial charge < -0.3 is 24.6 Å². The van der Waals surface area contributed by atoms with Crippen LogP contribution in [0.5, 0.6) is 0 Å². The molecule has 6 heteroatoms. The Morgan fingerprint density at radius 2 is 1.86 bits per heavy atom. The van der Waals surface area contributed by atoms with Crippen LogP contribution in [0, 0.1) is 0 Å². The summed E-state index contributed by atoms with van der Waals surface area (Å²) in [5.41, 5.74) is 0. The Labute approximate surface area is 133 Å². The van der Waals surface area contributed by atoms with Crippen LogP contribution < -0.4 is 5.32 Å². The predicted molar refractivity (Wildman–Crippen MR) is 83.9 cm³/mol. The first kappa shape index (κ1) is 16.0. The van der Waals surface area contributed by atoms with Crippen molar-refractivity contribution in [1.82, 2.24) is 15.1 Å². The number of piperidine rings is 2. The maximum atomic E-state index is 12.3. The second-order valence-electron chi connectivity index (χ2n) is 6.91. The first-order chi connectivity index (χ1) is 10.7. The monoisotopic (exact) mass is 311 g/mol. The molecule has 0 spiro atoms. The van der Waals surface area contributed by atoms with Crippen LogP contribution in [0.4, 0.5) is 4.79 Å². The summed E-state index contributed by atoms with van der Waals surface area (Å²) in [5, 5.41) is 3.24. The Balaban J connectivity index is 1.38. The molecule has 2 amide bonds. The molecule has 2 atom stereocenters. The molecule has 2 unspecified atom stereocenters. The summed E-state index contributed by atoms with van der Waals surface area (Å²) in [7, 11) is 3.91. The van der Waals surface area contributed by atoms with Crippen LogP contribution >= 0.6 is 0 Å². The highest BCUT2D eigenvalue weighted by molar-refractivity contribution is 5.75. The van der Waals surface area contributed by atoms with E-state index in [0.29, 0.717) is 44.4 Å². The molecule has 126 valence electrons. The van der Waals surface area contributed by atoms with E-state index in [-0.39, 0.29) is 12.1 Å². The van der Waals surface area contributed by atoms with Crippen molar-refractivity contribution in [2.24, 2.45) is 0 Å². The minimum Gasteiger partial charge on any atom is -0.382 e. The average Bonchev–Trinajstić information content (AvgIpc) is 2.42. The number of methoxy groups -OCH3 is 1. The van der Waals surface area contributed by atoms with Gasteiger partial charge in [-0.05, 0) is 32.7 Å². The SMILES string of the molecule is COCCOC1CN(C(=O)NC2CC3CCCC(C2)N3C)C1. The van der Waals surface area contributed by atoms with Gasteiger partial charge in [0, 0.05) is 25.2 Å². The molecule has 3 saturated heterocycles. The molecule has 0 aromatic rings. The van der Waals surface area contributed by atoms with Gasteiger partial charge in [-0.25, -0.2) is 4.79 Å². The number of nitrogens with one attached hydrogen (secondary N) is 1. The zero-order chi connectivity index (χ0) is 15.5. The van der Waals surface area contributed by atoms with Crippen molar-refractivity contribution < 1.29 is 14.3 Å². The molecule has 0 aliphatic carbocycles. The van der Waals surface area contributed by atoms with Gasteiger partial charge in [-0.2, -0.15) is 0 Å². The Bertz CT molecular complexity index is 373. The molecule has 3 aliphatic rings. The van der Waals surface area contributed by atoms with E-state index < -0.39 is 0 Å². The second-order valence-corrected chi connectivity index (χ2v) is 6.91. The lowest BCUT2D eigenvalue weighted by atomic mass is 9.82. The Kier molecular flexibility index (Phi) is 5.21. The molecular formula is C16H29N3O3. The van der Waals surface area contributed by atoms with Gasteiger partial charge in [-0.1, -0.05) is 6.42 Å². The number of amides is 2. The molecule has 0 saturated carbocycles. The van der Waals surface area contributed by atoms with E-state index in [0.717, 1.165) is 12.8 Å². The third kappa shape index (κ3) is 3.55. The van der Waals surface area contributed by atoms with Crippen molar-refractivity contribution in [1.29, 1.82) is 0 Å². The summed E-state index contributed by atoms with van der Waals surface area (Å²) in [6.07, 6.45) is 6.27. The number of carbonyl (C=O) groups is 1. The maximum Gasteiger partial charge on any atom is 0.317 e. The lowest BCUT2D eigenvalue weighted by Crippen LogP contribution is -2.61. The topological polar surface area (TPSA) is 54.0 Å². The van der Waals surface area contributed by atoms with Gasteiger partial charge >= 0.3 is 6.03 Å². The summed E-state index contributed by atoms with van der Waals surface area (Å²) in [6.45, 7) is 2.63. The van der Waals surface area contributed by atoms with E-state index in [4.69, 9.17) is 9.47 Å². The van der Waals surface area contributed by atoms with E-state index >= 15 is 0 Å². The number of likely N-dealkylation sites (tertiary alicyclic amines) is 1. The van der Waals surface area contributed by atoms with E-state index in [1.54, 1.807) is 7.11 Å². The number of fused-ring (bicyclic) bond motifs is 2. The zero-order valence-electron chi connectivity index (χ0n) is 13.8. The van der Waals surface area contributed by atoms with E-state index in [1.807, 2.05) is 4.90 Å². The Hall–Kier alpha value is -0.850. The highest BCUT2D eigenvalue weighted by Crippen LogP contribution is 2.32. The molecule has 3 rings (SSSR count). The van der Waals surface area contributed by atoms with Gasteiger partial charge in [0.2, 0.25) is 0 Å². The summed E-state index contributed by atoms with van der Waals surface area (Å²) >= 11 is 0. The van der Waals surface area contributed by atoms with Crippen LogP contribution in [0.2, 0.25) is 0 Å². The maximum absolute atomic E-state index is 12.3.